The molecule has 0 aliphatic rings. The second-order valence-corrected chi connectivity index (χ2v) is 4.50. The fourth-order valence-electron chi connectivity index (χ4n) is 1.61. The van der Waals surface area contributed by atoms with Gasteiger partial charge in [0.15, 0.2) is 5.78 Å². The third kappa shape index (κ3) is 2.78. The molecule has 0 bridgehead atoms. The minimum atomic E-state index is -0.637. The molecule has 2 aromatic rings. The van der Waals surface area contributed by atoms with Crippen LogP contribution in [0.15, 0.2) is 46.1 Å². The van der Waals surface area contributed by atoms with Crippen LogP contribution in [0.25, 0.3) is 6.08 Å². The summed E-state index contributed by atoms with van der Waals surface area (Å²) in [5.74, 6) is -0.498. The van der Waals surface area contributed by atoms with Gasteiger partial charge >= 0.3 is 5.69 Å². The van der Waals surface area contributed by atoms with Crippen molar-refractivity contribution >= 4 is 23.5 Å². The Bertz CT molecular complexity index is 803. The Morgan fingerprint density at radius 2 is 2.00 bits per heavy atom. The lowest BCUT2D eigenvalue weighted by atomic mass is 10.1. The number of nitrogens with zero attached hydrogens (tertiary/aromatic N) is 1. The quantitative estimate of drug-likeness (QED) is 0.690. The van der Waals surface area contributed by atoms with E-state index in [4.69, 9.17) is 11.6 Å². The minimum absolute atomic E-state index is 0.101. The molecule has 5 nitrogen and oxygen atoms in total. The molecule has 0 saturated carbocycles. The van der Waals surface area contributed by atoms with Gasteiger partial charge in [-0.25, -0.2) is 4.79 Å². The maximum Gasteiger partial charge on any atom is 0.328 e. The van der Waals surface area contributed by atoms with E-state index in [0.29, 0.717) is 10.6 Å². The van der Waals surface area contributed by atoms with Gasteiger partial charge in [0.05, 0.1) is 0 Å². The van der Waals surface area contributed by atoms with Gasteiger partial charge in [-0.05, 0) is 23.8 Å². The number of aromatic nitrogens is 2. The van der Waals surface area contributed by atoms with E-state index in [1.165, 1.54) is 19.2 Å². The topological polar surface area (TPSA) is 71.9 Å². The number of aromatic amines is 1. The van der Waals surface area contributed by atoms with E-state index < -0.39 is 17.0 Å². The second-order valence-electron chi connectivity index (χ2n) is 4.09. The second kappa shape index (κ2) is 5.71. The zero-order valence-corrected chi connectivity index (χ0v) is 11.3. The van der Waals surface area contributed by atoms with Gasteiger partial charge in [-0.1, -0.05) is 29.8 Å². The molecular formula is C14H11ClN2O3. The lowest BCUT2D eigenvalue weighted by Gasteiger charge is -1.99. The van der Waals surface area contributed by atoms with Gasteiger partial charge in [0.2, 0.25) is 0 Å². The number of hydrogen-bond donors (Lipinski definition) is 1. The first-order chi connectivity index (χ1) is 9.50. The Morgan fingerprint density at radius 1 is 1.30 bits per heavy atom. The molecule has 1 aromatic carbocycles. The average Bonchev–Trinajstić information content (AvgIpc) is 2.44. The molecule has 20 heavy (non-hydrogen) atoms. The standard InChI is InChI=1S/C14H11ClN2O3/c1-17-13(19)10(8-16-14(17)20)12(18)7-6-9-4-2-3-5-11(9)15/h2-8H,1H3,(H,16,20). The van der Waals surface area contributed by atoms with E-state index >= 15 is 0 Å². The summed E-state index contributed by atoms with van der Waals surface area (Å²) in [6, 6.07) is 7.01. The van der Waals surface area contributed by atoms with E-state index in [0.717, 1.165) is 10.8 Å². The Hall–Kier alpha value is -2.40. The van der Waals surface area contributed by atoms with Crippen LogP contribution in [0.4, 0.5) is 0 Å². The highest BCUT2D eigenvalue weighted by atomic mass is 35.5. The number of benzene rings is 1. The van der Waals surface area contributed by atoms with Crippen LogP contribution in [0.1, 0.15) is 15.9 Å². The van der Waals surface area contributed by atoms with Gasteiger partial charge < -0.3 is 4.98 Å². The minimum Gasteiger partial charge on any atom is -0.313 e. The van der Waals surface area contributed by atoms with Crippen LogP contribution in [0, 0.1) is 0 Å². The van der Waals surface area contributed by atoms with E-state index in [-0.39, 0.29) is 5.56 Å². The van der Waals surface area contributed by atoms with Crippen molar-refractivity contribution in [3.8, 4) is 0 Å². The number of hydrogen-bond acceptors (Lipinski definition) is 3. The molecule has 0 atom stereocenters. The fraction of sp³-hybridized carbons (Fsp3) is 0.0714. The van der Waals surface area contributed by atoms with Crippen molar-refractivity contribution in [1.29, 1.82) is 0 Å². The molecule has 102 valence electrons. The third-order valence-electron chi connectivity index (χ3n) is 2.76. The number of allylic oxidation sites excluding steroid dienone is 1. The third-order valence-corrected chi connectivity index (χ3v) is 3.11. The summed E-state index contributed by atoms with van der Waals surface area (Å²) in [4.78, 5) is 37.2. The largest absolute Gasteiger partial charge is 0.328 e. The predicted octanol–water partition coefficient (Wildman–Crippen LogP) is 1.62. The summed E-state index contributed by atoms with van der Waals surface area (Å²) in [6.07, 6.45) is 3.88. The van der Waals surface area contributed by atoms with Crippen LogP contribution < -0.4 is 11.2 Å². The number of carbonyl (C=O) groups excluding carboxylic acids is 1. The Kier molecular flexibility index (Phi) is 4.00. The molecule has 2 rings (SSSR count). The van der Waals surface area contributed by atoms with Gasteiger partial charge in [0.1, 0.15) is 5.56 Å². The van der Waals surface area contributed by atoms with E-state index in [1.54, 1.807) is 24.3 Å². The van der Waals surface area contributed by atoms with Crippen LogP contribution >= 0.6 is 11.6 Å². The molecule has 1 aromatic heterocycles. The summed E-state index contributed by atoms with van der Waals surface area (Å²) in [6.45, 7) is 0. The predicted molar refractivity (Wildman–Crippen MR) is 77.1 cm³/mol. The summed E-state index contributed by atoms with van der Waals surface area (Å²) < 4.78 is 0.844. The summed E-state index contributed by atoms with van der Waals surface area (Å²) in [7, 11) is 1.30. The average molecular weight is 291 g/mol. The van der Waals surface area contributed by atoms with Crippen LogP contribution in [0.3, 0.4) is 0 Å². The van der Waals surface area contributed by atoms with Gasteiger partial charge in [-0.2, -0.15) is 0 Å². The molecule has 1 heterocycles. The molecule has 1 N–H and O–H groups in total. The SMILES string of the molecule is Cn1c(=O)[nH]cc(C(=O)C=Cc2ccccc2Cl)c1=O. The van der Waals surface area contributed by atoms with Crippen molar-refractivity contribution in [3.63, 3.8) is 0 Å². The molecule has 6 heteroatoms. The van der Waals surface area contributed by atoms with Crippen LogP contribution in [0.2, 0.25) is 5.02 Å². The summed E-state index contributed by atoms with van der Waals surface area (Å²) in [5.41, 5.74) is -0.636. The van der Waals surface area contributed by atoms with Crippen molar-refractivity contribution in [2.75, 3.05) is 0 Å². The Balaban J connectivity index is 2.35. The zero-order valence-electron chi connectivity index (χ0n) is 10.6. The smallest absolute Gasteiger partial charge is 0.313 e. The van der Waals surface area contributed by atoms with Crippen molar-refractivity contribution in [1.82, 2.24) is 9.55 Å². The number of ketones is 1. The van der Waals surface area contributed by atoms with Gasteiger partial charge in [-0.3, -0.25) is 14.2 Å². The molecule has 0 aliphatic heterocycles. The molecule has 0 radical (unpaired) electrons. The first-order valence-electron chi connectivity index (χ1n) is 5.76. The highest BCUT2D eigenvalue weighted by molar-refractivity contribution is 6.32. The van der Waals surface area contributed by atoms with E-state index in [2.05, 4.69) is 4.98 Å². The maximum absolute atomic E-state index is 11.9. The fourth-order valence-corrected chi connectivity index (χ4v) is 1.81. The molecule has 0 amide bonds. The normalized spacial score (nSPS) is 10.9. The first kappa shape index (κ1) is 14.0. The number of carbonyl (C=O) groups is 1. The van der Waals surface area contributed by atoms with Crippen LogP contribution in [0.5, 0.6) is 0 Å². The molecular weight excluding hydrogens is 280 g/mol. The lowest BCUT2D eigenvalue weighted by molar-refractivity contribution is 0.104. The van der Waals surface area contributed by atoms with E-state index in [9.17, 15) is 14.4 Å². The van der Waals surface area contributed by atoms with Crippen LogP contribution in [-0.4, -0.2) is 15.3 Å². The molecule has 0 spiro atoms. The summed E-state index contributed by atoms with van der Waals surface area (Å²) in [5, 5.41) is 0.505. The highest BCUT2D eigenvalue weighted by Crippen LogP contribution is 2.16. The number of halogens is 1. The van der Waals surface area contributed by atoms with Crippen molar-refractivity contribution in [2.45, 2.75) is 0 Å². The first-order valence-corrected chi connectivity index (χ1v) is 6.14. The van der Waals surface area contributed by atoms with E-state index in [1.807, 2.05) is 0 Å². The van der Waals surface area contributed by atoms with Crippen molar-refractivity contribution < 1.29 is 4.79 Å². The number of H-pyrrole nitrogens is 1. The van der Waals surface area contributed by atoms with Gasteiger partial charge in [0, 0.05) is 18.3 Å². The Labute approximate surface area is 119 Å². The Morgan fingerprint density at radius 3 is 2.70 bits per heavy atom. The molecule has 0 saturated heterocycles. The number of nitrogens with one attached hydrogen (secondary N) is 1. The van der Waals surface area contributed by atoms with Crippen molar-refractivity contribution in [2.24, 2.45) is 7.05 Å². The van der Waals surface area contributed by atoms with Gasteiger partial charge in [-0.15, -0.1) is 0 Å². The summed E-state index contributed by atoms with van der Waals surface area (Å²) >= 11 is 5.96. The molecule has 0 fully saturated rings. The monoisotopic (exact) mass is 290 g/mol. The lowest BCUT2D eigenvalue weighted by Crippen LogP contribution is -2.35. The zero-order chi connectivity index (χ0) is 14.7. The molecule has 0 aliphatic carbocycles. The van der Waals surface area contributed by atoms with Gasteiger partial charge in [0.25, 0.3) is 5.56 Å². The molecule has 0 unspecified atom stereocenters. The highest BCUT2D eigenvalue weighted by Gasteiger charge is 2.10. The number of rotatable bonds is 3. The van der Waals surface area contributed by atoms with Crippen LogP contribution in [-0.2, 0) is 7.05 Å². The maximum atomic E-state index is 11.9. The van der Waals surface area contributed by atoms with Crippen molar-refractivity contribution in [3.05, 3.63) is 73.5 Å².